The van der Waals surface area contributed by atoms with Crippen LogP contribution in [0.2, 0.25) is 0 Å². The number of hydrogen-bond donors (Lipinski definition) is 0. The van der Waals surface area contributed by atoms with Gasteiger partial charge in [0.2, 0.25) is 5.91 Å². The normalized spacial score (nSPS) is 13.4. The van der Waals surface area contributed by atoms with Crippen LogP contribution in [0.5, 0.6) is 0 Å². The van der Waals surface area contributed by atoms with Crippen molar-refractivity contribution in [2.24, 2.45) is 0 Å². The maximum atomic E-state index is 13.0. The first-order chi connectivity index (χ1) is 14.2. The van der Waals surface area contributed by atoms with Crippen molar-refractivity contribution in [2.75, 3.05) is 17.2 Å². The number of carbonyl (C=O) groups excluding carboxylic acids is 1. The molecule has 1 amide bonds. The molecule has 2 aromatic heterocycles. The van der Waals surface area contributed by atoms with Gasteiger partial charge in [-0.15, -0.1) is 28.1 Å². The Hall–Kier alpha value is -2.45. The van der Waals surface area contributed by atoms with Crippen molar-refractivity contribution >= 4 is 34.1 Å². The van der Waals surface area contributed by atoms with Crippen molar-refractivity contribution in [1.82, 2.24) is 19.7 Å². The number of carbonyl (C=O) groups is 1. The molecule has 1 fully saturated rings. The lowest BCUT2D eigenvalue weighted by atomic mass is 10.2. The lowest BCUT2D eigenvalue weighted by molar-refractivity contribution is -0.116. The van der Waals surface area contributed by atoms with E-state index in [1.54, 1.807) is 11.0 Å². The first-order valence-electron chi connectivity index (χ1n) is 9.69. The van der Waals surface area contributed by atoms with E-state index in [-0.39, 0.29) is 11.7 Å². The summed E-state index contributed by atoms with van der Waals surface area (Å²) in [5.41, 5.74) is 1.92. The molecule has 1 saturated carbocycles. The molecular weight excluding hydrogens is 402 g/mol. The molecule has 8 heteroatoms. The smallest absolute Gasteiger partial charge is 0.239 e. The second-order valence-electron chi connectivity index (χ2n) is 6.82. The molecular formula is C21H23N5OS2. The molecule has 0 radical (unpaired) electrons. The van der Waals surface area contributed by atoms with E-state index < -0.39 is 0 Å². The summed E-state index contributed by atoms with van der Waals surface area (Å²) in [7, 11) is 0. The van der Waals surface area contributed by atoms with Gasteiger partial charge in [0.25, 0.3) is 0 Å². The van der Waals surface area contributed by atoms with Crippen LogP contribution in [-0.4, -0.2) is 38.0 Å². The Morgan fingerprint density at radius 1 is 1.34 bits per heavy atom. The van der Waals surface area contributed by atoms with Gasteiger partial charge in [0.15, 0.2) is 10.3 Å². The molecule has 0 atom stereocenters. The Morgan fingerprint density at radius 2 is 2.14 bits per heavy atom. The van der Waals surface area contributed by atoms with Crippen LogP contribution in [-0.2, 0) is 11.3 Å². The van der Waals surface area contributed by atoms with Gasteiger partial charge < -0.3 is 4.57 Å². The highest BCUT2D eigenvalue weighted by Crippen LogP contribution is 2.40. The molecule has 0 aliphatic heterocycles. The summed E-state index contributed by atoms with van der Waals surface area (Å²) in [5.74, 6) is 1.87. The average Bonchev–Trinajstić information content (AvgIpc) is 3.33. The highest BCUT2D eigenvalue weighted by molar-refractivity contribution is 7.99. The van der Waals surface area contributed by atoms with Gasteiger partial charge in [0.1, 0.15) is 5.82 Å². The van der Waals surface area contributed by atoms with E-state index in [0.29, 0.717) is 17.6 Å². The van der Waals surface area contributed by atoms with Gasteiger partial charge in [-0.1, -0.05) is 48.2 Å². The van der Waals surface area contributed by atoms with Crippen molar-refractivity contribution in [3.05, 3.63) is 54.2 Å². The summed E-state index contributed by atoms with van der Waals surface area (Å²) in [4.78, 5) is 19.3. The lowest BCUT2D eigenvalue weighted by Gasteiger charge is -2.17. The number of rotatable bonds is 9. The van der Waals surface area contributed by atoms with Gasteiger partial charge in [-0.3, -0.25) is 9.69 Å². The van der Waals surface area contributed by atoms with E-state index in [4.69, 9.17) is 0 Å². The first kappa shape index (κ1) is 19.8. The van der Waals surface area contributed by atoms with Crippen LogP contribution >= 0.6 is 23.1 Å². The van der Waals surface area contributed by atoms with Crippen molar-refractivity contribution in [1.29, 1.82) is 0 Å². The second kappa shape index (κ2) is 8.92. The van der Waals surface area contributed by atoms with Crippen LogP contribution < -0.4 is 4.90 Å². The first-order valence-corrected chi connectivity index (χ1v) is 11.6. The molecule has 1 aliphatic rings. The van der Waals surface area contributed by atoms with E-state index in [0.717, 1.165) is 28.8 Å². The fraction of sp³-hybridized carbons (Fsp3) is 0.333. The molecule has 1 aliphatic carbocycles. The Morgan fingerprint density at radius 3 is 2.83 bits per heavy atom. The summed E-state index contributed by atoms with van der Waals surface area (Å²) >= 11 is 2.91. The van der Waals surface area contributed by atoms with Crippen LogP contribution in [0, 0.1) is 0 Å². The van der Waals surface area contributed by atoms with Gasteiger partial charge >= 0.3 is 0 Å². The fourth-order valence-corrected chi connectivity index (χ4v) is 4.84. The van der Waals surface area contributed by atoms with Gasteiger partial charge in [-0.2, -0.15) is 0 Å². The second-order valence-corrected chi connectivity index (χ2v) is 8.60. The SMILES string of the molecule is C=CCN(C(=O)CSc1nnc(C2CC2)n1CC)c1nc(-c2ccccc2)cs1. The van der Waals surface area contributed by atoms with Crippen molar-refractivity contribution in [3.63, 3.8) is 0 Å². The monoisotopic (exact) mass is 425 g/mol. The zero-order chi connectivity index (χ0) is 20.2. The van der Waals surface area contributed by atoms with E-state index in [1.807, 2.05) is 35.7 Å². The zero-order valence-corrected chi connectivity index (χ0v) is 18.0. The van der Waals surface area contributed by atoms with E-state index in [2.05, 4.69) is 33.3 Å². The maximum Gasteiger partial charge on any atom is 0.239 e. The van der Waals surface area contributed by atoms with Crippen LogP contribution in [0.4, 0.5) is 5.13 Å². The van der Waals surface area contributed by atoms with E-state index >= 15 is 0 Å². The predicted octanol–water partition coefficient (Wildman–Crippen LogP) is 4.61. The molecule has 0 unspecified atom stereocenters. The fourth-order valence-electron chi connectivity index (χ4n) is 3.10. The van der Waals surface area contributed by atoms with Crippen LogP contribution in [0.15, 0.2) is 53.5 Å². The summed E-state index contributed by atoms with van der Waals surface area (Å²) in [6.07, 6.45) is 4.09. The molecule has 6 nitrogen and oxygen atoms in total. The number of nitrogens with zero attached hydrogens (tertiary/aromatic N) is 5. The highest BCUT2D eigenvalue weighted by atomic mass is 32.2. The molecule has 150 valence electrons. The van der Waals surface area contributed by atoms with E-state index in [1.165, 1.54) is 35.9 Å². The standard InChI is InChI=1S/C21H23N5OS2/c1-3-12-26(20-22-17(13-28-20)15-8-6-5-7-9-15)18(27)14-29-21-24-23-19(16-10-11-16)25(21)4-2/h3,5-9,13,16H,1,4,10-12,14H2,2H3. The zero-order valence-electron chi connectivity index (χ0n) is 16.3. The Labute approximate surface area is 178 Å². The van der Waals surface area contributed by atoms with Crippen LogP contribution in [0.3, 0.4) is 0 Å². The third-order valence-electron chi connectivity index (χ3n) is 4.73. The Balaban J connectivity index is 1.47. The van der Waals surface area contributed by atoms with E-state index in [9.17, 15) is 4.79 Å². The van der Waals surface area contributed by atoms with Crippen LogP contribution in [0.1, 0.15) is 31.5 Å². The number of amides is 1. The number of aromatic nitrogens is 4. The quantitative estimate of drug-likeness (QED) is 0.370. The molecule has 0 N–H and O–H groups in total. The number of thioether (sulfide) groups is 1. The number of thiazole rings is 1. The van der Waals surface area contributed by atoms with Gasteiger partial charge in [-0.05, 0) is 19.8 Å². The molecule has 1 aromatic carbocycles. The number of hydrogen-bond acceptors (Lipinski definition) is 6. The predicted molar refractivity (Wildman–Crippen MR) is 118 cm³/mol. The van der Waals surface area contributed by atoms with Gasteiger partial charge in [0, 0.05) is 30.0 Å². The molecule has 0 spiro atoms. The molecule has 4 rings (SSSR count). The third kappa shape index (κ3) is 4.43. The summed E-state index contributed by atoms with van der Waals surface area (Å²) in [5, 5.41) is 12.1. The summed E-state index contributed by atoms with van der Waals surface area (Å²) < 4.78 is 2.13. The molecule has 3 aromatic rings. The molecule has 29 heavy (non-hydrogen) atoms. The molecule has 2 heterocycles. The number of anilines is 1. The van der Waals surface area contributed by atoms with Gasteiger partial charge in [0.05, 0.1) is 11.4 Å². The van der Waals surface area contributed by atoms with Crippen molar-refractivity contribution in [2.45, 2.75) is 37.4 Å². The topological polar surface area (TPSA) is 63.9 Å². The lowest BCUT2D eigenvalue weighted by Crippen LogP contribution is -2.32. The minimum absolute atomic E-state index is 0.0116. The molecule has 0 saturated heterocycles. The summed E-state index contributed by atoms with van der Waals surface area (Å²) in [6, 6.07) is 9.98. The number of benzene rings is 1. The minimum atomic E-state index is -0.0116. The Bertz CT molecular complexity index is 994. The third-order valence-corrected chi connectivity index (χ3v) is 6.55. The Kier molecular flexibility index (Phi) is 6.10. The molecule has 0 bridgehead atoms. The average molecular weight is 426 g/mol. The van der Waals surface area contributed by atoms with Gasteiger partial charge in [-0.25, -0.2) is 4.98 Å². The minimum Gasteiger partial charge on any atom is -0.306 e. The van der Waals surface area contributed by atoms with Crippen LogP contribution in [0.25, 0.3) is 11.3 Å². The largest absolute Gasteiger partial charge is 0.306 e. The highest BCUT2D eigenvalue weighted by Gasteiger charge is 2.30. The van der Waals surface area contributed by atoms with Crippen molar-refractivity contribution in [3.8, 4) is 11.3 Å². The maximum absolute atomic E-state index is 13.0. The van der Waals surface area contributed by atoms with Crippen molar-refractivity contribution < 1.29 is 4.79 Å². The summed E-state index contributed by atoms with van der Waals surface area (Å²) in [6.45, 7) is 7.13.